The topological polar surface area (TPSA) is 63.1 Å². The Morgan fingerprint density at radius 3 is 2.45 bits per heavy atom. The molecule has 0 aliphatic carbocycles. The molecule has 1 aromatic heterocycles. The quantitative estimate of drug-likeness (QED) is 0.669. The second-order valence-corrected chi connectivity index (χ2v) is 5.34. The van der Waals surface area contributed by atoms with Crippen molar-refractivity contribution < 1.29 is 23.1 Å². The summed E-state index contributed by atoms with van der Waals surface area (Å²) in [5, 5.41) is 8.49. The standard InChI is InChI=1S/C14H11F3N2O2S/c15-14(16,17)11-8-10(9-4-2-1-3-5-9)18-13(19-11)22-7-6-12(20)21/h1-5,8H,6-7H2,(H,20,21). The van der Waals surface area contributed by atoms with Crippen molar-refractivity contribution in [3.8, 4) is 11.3 Å². The molecular weight excluding hydrogens is 317 g/mol. The molecule has 1 N–H and O–H groups in total. The largest absolute Gasteiger partial charge is 0.481 e. The van der Waals surface area contributed by atoms with Gasteiger partial charge in [-0.25, -0.2) is 9.97 Å². The van der Waals surface area contributed by atoms with Crippen LogP contribution < -0.4 is 0 Å². The molecule has 8 heteroatoms. The van der Waals surface area contributed by atoms with Crippen LogP contribution in [0.4, 0.5) is 13.2 Å². The summed E-state index contributed by atoms with van der Waals surface area (Å²) in [5.41, 5.74) is -0.351. The van der Waals surface area contributed by atoms with Crippen LogP contribution in [0.2, 0.25) is 0 Å². The summed E-state index contributed by atoms with van der Waals surface area (Å²) in [5.74, 6) is -0.923. The van der Waals surface area contributed by atoms with E-state index in [0.29, 0.717) is 5.56 Å². The molecule has 2 rings (SSSR count). The highest BCUT2D eigenvalue weighted by Crippen LogP contribution is 2.32. The Morgan fingerprint density at radius 1 is 1.18 bits per heavy atom. The second kappa shape index (κ2) is 6.78. The lowest BCUT2D eigenvalue weighted by Gasteiger charge is -2.10. The molecule has 4 nitrogen and oxygen atoms in total. The van der Waals surface area contributed by atoms with E-state index in [4.69, 9.17) is 5.11 Å². The first kappa shape index (κ1) is 16.3. The smallest absolute Gasteiger partial charge is 0.433 e. The Morgan fingerprint density at radius 2 is 1.86 bits per heavy atom. The molecule has 0 aliphatic heterocycles. The summed E-state index contributed by atoms with van der Waals surface area (Å²) >= 11 is 0.885. The zero-order chi connectivity index (χ0) is 16.2. The van der Waals surface area contributed by atoms with Gasteiger partial charge in [0.05, 0.1) is 12.1 Å². The first-order chi connectivity index (χ1) is 10.4. The zero-order valence-electron chi connectivity index (χ0n) is 11.2. The third-order valence-corrected chi connectivity index (χ3v) is 3.46. The molecule has 0 fully saturated rings. The maximum Gasteiger partial charge on any atom is 0.433 e. The van der Waals surface area contributed by atoms with E-state index in [0.717, 1.165) is 17.8 Å². The number of carboxylic acid groups (broad SMARTS) is 1. The fraction of sp³-hybridized carbons (Fsp3) is 0.214. The lowest BCUT2D eigenvalue weighted by Crippen LogP contribution is -2.10. The van der Waals surface area contributed by atoms with Crippen LogP contribution in [0.1, 0.15) is 12.1 Å². The van der Waals surface area contributed by atoms with Crippen LogP contribution >= 0.6 is 11.8 Å². The Hall–Kier alpha value is -2.09. The average molecular weight is 328 g/mol. The Balaban J connectivity index is 2.35. The molecule has 0 radical (unpaired) electrons. The van der Waals surface area contributed by atoms with Crippen molar-refractivity contribution >= 4 is 17.7 Å². The number of rotatable bonds is 5. The van der Waals surface area contributed by atoms with Gasteiger partial charge in [-0.05, 0) is 6.07 Å². The minimum Gasteiger partial charge on any atom is -0.481 e. The lowest BCUT2D eigenvalue weighted by atomic mass is 10.1. The van der Waals surface area contributed by atoms with Gasteiger partial charge in [0.15, 0.2) is 5.16 Å². The third kappa shape index (κ3) is 4.45. The van der Waals surface area contributed by atoms with Crippen LogP contribution in [-0.2, 0) is 11.0 Å². The first-order valence-electron chi connectivity index (χ1n) is 6.22. The summed E-state index contributed by atoms with van der Waals surface area (Å²) < 4.78 is 38.8. The van der Waals surface area contributed by atoms with Gasteiger partial charge in [0, 0.05) is 11.3 Å². The highest BCUT2D eigenvalue weighted by molar-refractivity contribution is 7.99. The fourth-order valence-corrected chi connectivity index (χ4v) is 2.41. The first-order valence-corrected chi connectivity index (χ1v) is 7.21. The molecular formula is C14H11F3N2O2S. The Labute approximate surface area is 128 Å². The number of thioether (sulfide) groups is 1. The van der Waals surface area contributed by atoms with Gasteiger partial charge in [-0.15, -0.1) is 0 Å². The molecule has 1 heterocycles. The highest BCUT2D eigenvalue weighted by atomic mass is 32.2. The minimum absolute atomic E-state index is 0.0880. The number of carbonyl (C=O) groups is 1. The number of carboxylic acids is 1. The number of aliphatic carboxylic acids is 1. The average Bonchev–Trinajstić information content (AvgIpc) is 2.46. The summed E-state index contributed by atoms with van der Waals surface area (Å²) in [6.45, 7) is 0. The van der Waals surface area contributed by atoms with Crippen molar-refractivity contribution in [1.82, 2.24) is 9.97 Å². The Bertz CT molecular complexity index is 663. The van der Waals surface area contributed by atoms with Crippen LogP contribution in [0, 0.1) is 0 Å². The number of hydrogen-bond donors (Lipinski definition) is 1. The lowest BCUT2D eigenvalue weighted by molar-refractivity contribution is -0.141. The van der Waals surface area contributed by atoms with E-state index in [1.807, 2.05) is 0 Å². The minimum atomic E-state index is -4.59. The van der Waals surface area contributed by atoms with E-state index in [1.54, 1.807) is 30.3 Å². The van der Waals surface area contributed by atoms with Gasteiger partial charge in [-0.1, -0.05) is 42.1 Å². The monoisotopic (exact) mass is 328 g/mol. The summed E-state index contributed by atoms with van der Waals surface area (Å²) in [6.07, 6.45) is -4.76. The van der Waals surface area contributed by atoms with Crippen molar-refractivity contribution in [3.05, 3.63) is 42.1 Å². The number of hydrogen-bond acceptors (Lipinski definition) is 4. The number of nitrogens with zero attached hydrogens (tertiary/aromatic N) is 2. The number of halogens is 3. The van der Waals surface area contributed by atoms with Crippen LogP contribution in [-0.4, -0.2) is 26.8 Å². The van der Waals surface area contributed by atoms with Crippen molar-refractivity contribution in [3.63, 3.8) is 0 Å². The van der Waals surface area contributed by atoms with Crippen LogP contribution in [0.5, 0.6) is 0 Å². The van der Waals surface area contributed by atoms with E-state index in [9.17, 15) is 18.0 Å². The molecule has 0 saturated carbocycles. The van der Waals surface area contributed by atoms with Gasteiger partial charge in [-0.3, -0.25) is 4.79 Å². The van der Waals surface area contributed by atoms with E-state index in [1.165, 1.54) is 0 Å². The molecule has 0 bridgehead atoms. The van der Waals surface area contributed by atoms with E-state index in [2.05, 4.69) is 9.97 Å². The van der Waals surface area contributed by atoms with Crippen molar-refractivity contribution in [2.45, 2.75) is 17.8 Å². The predicted molar refractivity (Wildman–Crippen MR) is 75.4 cm³/mol. The molecule has 22 heavy (non-hydrogen) atoms. The Kier molecular flexibility index (Phi) is 5.02. The van der Waals surface area contributed by atoms with Crippen LogP contribution in [0.15, 0.2) is 41.6 Å². The van der Waals surface area contributed by atoms with E-state index < -0.39 is 17.8 Å². The van der Waals surface area contributed by atoms with Gasteiger partial charge in [-0.2, -0.15) is 13.2 Å². The second-order valence-electron chi connectivity index (χ2n) is 4.28. The molecule has 0 spiro atoms. The molecule has 1 aromatic carbocycles. The summed E-state index contributed by atoms with van der Waals surface area (Å²) in [4.78, 5) is 18.0. The molecule has 0 amide bonds. The number of alkyl halides is 3. The van der Waals surface area contributed by atoms with Crippen molar-refractivity contribution in [2.75, 3.05) is 5.75 Å². The van der Waals surface area contributed by atoms with E-state index >= 15 is 0 Å². The normalized spacial score (nSPS) is 11.4. The third-order valence-electron chi connectivity index (χ3n) is 2.61. The predicted octanol–water partition coefficient (Wildman–Crippen LogP) is 3.73. The van der Waals surface area contributed by atoms with Crippen LogP contribution in [0.25, 0.3) is 11.3 Å². The van der Waals surface area contributed by atoms with Crippen LogP contribution in [0.3, 0.4) is 0 Å². The maximum absolute atomic E-state index is 12.9. The fourth-order valence-electron chi connectivity index (χ4n) is 1.62. The zero-order valence-corrected chi connectivity index (χ0v) is 12.0. The SMILES string of the molecule is O=C(O)CCSc1nc(-c2ccccc2)cc(C(F)(F)F)n1. The van der Waals surface area contributed by atoms with Crippen molar-refractivity contribution in [2.24, 2.45) is 0 Å². The summed E-state index contributed by atoms with van der Waals surface area (Å²) in [7, 11) is 0. The van der Waals surface area contributed by atoms with Crippen molar-refractivity contribution in [1.29, 1.82) is 0 Å². The van der Waals surface area contributed by atoms with E-state index in [-0.39, 0.29) is 23.0 Å². The molecule has 2 aromatic rings. The number of aromatic nitrogens is 2. The van der Waals surface area contributed by atoms with Gasteiger partial charge in [0.25, 0.3) is 0 Å². The molecule has 116 valence electrons. The molecule has 0 atom stereocenters. The van der Waals surface area contributed by atoms with Gasteiger partial charge in [0.2, 0.25) is 0 Å². The number of benzene rings is 1. The maximum atomic E-state index is 12.9. The highest BCUT2D eigenvalue weighted by Gasteiger charge is 2.33. The molecule has 0 aliphatic rings. The van der Waals surface area contributed by atoms with Gasteiger partial charge < -0.3 is 5.11 Å². The molecule has 0 saturated heterocycles. The van der Waals surface area contributed by atoms with Gasteiger partial charge >= 0.3 is 12.1 Å². The summed E-state index contributed by atoms with van der Waals surface area (Å²) in [6, 6.07) is 9.32. The van der Waals surface area contributed by atoms with Gasteiger partial charge in [0.1, 0.15) is 5.69 Å². The molecule has 0 unspecified atom stereocenters.